The number of carbonyl (C=O) groups is 1. The summed E-state index contributed by atoms with van der Waals surface area (Å²) in [6.07, 6.45) is 2.69. The Kier molecular flexibility index (Phi) is 4.21. The molecule has 19 heavy (non-hydrogen) atoms. The van der Waals surface area contributed by atoms with Crippen molar-refractivity contribution >= 4 is 23.0 Å². The number of thiophene rings is 1. The van der Waals surface area contributed by atoms with Gasteiger partial charge in [0.2, 0.25) is 0 Å². The molecule has 0 saturated carbocycles. The highest BCUT2D eigenvalue weighted by Gasteiger charge is 2.16. The maximum atomic E-state index is 11.6. The standard InChI is InChI=1S/C13H17N3O2S/c1-3-9-5-6-10(19-9)7-16-8-11(14)12(15-16)13(17)18-4-2/h5-6,8H,3-4,7,14H2,1-2H3. The van der Waals surface area contributed by atoms with Gasteiger partial charge in [0.15, 0.2) is 5.69 Å². The van der Waals surface area contributed by atoms with E-state index in [0.29, 0.717) is 18.8 Å². The SMILES string of the molecule is CCOC(=O)c1nn(Cc2ccc(CC)s2)cc1N. The van der Waals surface area contributed by atoms with Crippen molar-refractivity contribution in [1.82, 2.24) is 9.78 Å². The maximum absolute atomic E-state index is 11.6. The zero-order valence-corrected chi connectivity index (χ0v) is 11.9. The third kappa shape index (κ3) is 3.14. The predicted molar refractivity (Wildman–Crippen MR) is 75.4 cm³/mol. The van der Waals surface area contributed by atoms with E-state index in [1.54, 1.807) is 29.1 Å². The molecule has 0 unspecified atom stereocenters. The number of nitrogen functional groups attached to an aromatic ring is 1. The smallest absolute Gasteiger partial charge is 0.361 e. The second kappa shape index (κ2) is 5.88. The zero-order chi connectivity index (χ0) is 13.8. The van der Waals surface area contributed by atoms with Gasteiger partial charge in [0.1, 0.15) is 0 Å². The van der Waals surface area contributed by atoms with Gasteiger partial charge in [0.25, 0.3) is 0 Å². The second-order valence-corrected chi connectivity index (χ2v) is 5.33. The third-order valence-corrected chi connectivity index (χ3v) is 3.86. The Labute approximate surface area is 116 Å². The Bertz CT molecular complexity index is 574. The van der Waals surface area contributed by atoms with Gasteiger partial charge >= 0.3 is 5.97 Å². The van der Waals surface area contributed by atoms with Gasteiger partial charge in [0.05, 0.1) is 18.8 Å². The normalized spacial score (nSPS) is 10.6. The Morgan fingerprint density at radius 1 is 1.42 bits per heavy atom. The lowest BCUT2D eigenvalue weighted by molar-refractivity contribution is 0.0519. The van der Waals surface area contributed by atoms with Gasteiger partial charge in [-0.3, -0.25) is 4.68 Å². The van der Waals surface area contributed by atoms with E-state index < -0.39 is 5.97 Å². The lowest BCUT2D eigenvalue weighted by atomic mass is 10.3. The molecule has 0 aliphatic rings. The predicted octanol–water partition coefficient (Wildman–Crippen LogP) is 2.31. The molecule has 2 rings (SSSR count). The van der Waals surface area contributed by atoms with Gasteiger partial charge in [-0.25, -0.2) is 4.79 Å². The molecule has 0 bridgehead atoms. The Morgan fingerprint density at radius 3 is 2.79 bits per heavy atom. The van der Waals surface area contributed by atoms with E-state index in [9.17, 15) is 4.79 Å². The van der Waals surface area contributed by atoms with Gasteiger partial charge in [-0.2, -0.15) is 5.10 Å². The number of ether oxygens (including phenoxy) is 1. The first-order chi connectivity index (χ1) is 9.13. The summed E-state index contributed by atoms with van der Waals surface area (Å²) >= 11 is 1.74. The van der Waals surface area contributed by atoms with Crippen LogP contribution in [0.25, 0.3) is 0 Å². The highest BCUT2D eigenvalue weighted by molar-refractivity contribution is 7.11. The Balaban J connectivity index is 2.13. The average molecular weight is 279 g/mol. The number of hydrogen-bond donors (Lipinski definition) is 1. The number of carbonyl (C=O) groups excluding carboxylic acids is 1. The lowest BCUT2D eigenvalue weighted by Gasteiger charge is -1.99. The molecule has 0 aliphatic heterocycles. The molecule has 0 radical (unpaired) electrons. The van der Waals surface area contributed by atoms with Crippen LogP contribution in [0.15, 0.2) is 18.3 Å². The van der Waals surface area contributed by atoms with E-state index >= 15 is 0 Å². The number of esters is 1. The number of aryl methyl sites for hydroxylation is 1. The average Bonchev–Trinajstić information content (AvgIpc) is 2.97. The number of nitrogens with zero attached hydrogens (tertiary/aromatic N) is 2. The van der Waals surface area contributed by atoms with Crippen molar-refractivity contribution in [2.24, 2.45) is 0 Å². The Hall–Kier alpha value is -1.82. The van der Waals surface area contributed by atoms with Crippen LogP contribution in [0.5, 0.6) is 0 Å². The minimum atomic E-state index is -0.473. The first kappa shape index (κ1) is 13.6. The summed E-state index contributed by atoms with van der Waals surface area (Å²) in [5.41, 5.74) is 6.32. The maximum Gasteiger partial charge on any atom is 0.361 e. The molecule has 102 valence electrons. The molecule has 0 atom stereocenters. The van der Waals surface area contributed by atoms with Crippen molar-refractivity contribution < 1.29 is 9.53 Å². The monoisotopic (exact) mass is 279 g/mol. The van der Waals surface area contributed by atoms with Crippen LogP contribution >= 0.6 is 11.3 Å². The lowest BCUT2D eigenvalue weighted by Crippen LogP contribution is -2.08. The van der Waals surface area contributed by atoms with Crippen LogP contribution < -0.4 is 5.73 Å². The number of anilines is 1. The summed E-state index contributed by atoms with van der Waals surface area (Å²) in [6, 6.07) is 4.19. The van der Waals surface area contributed by atoms with Gasteiger partial charge < -0.3 is 10.5 Å². The minimum absolute atomic E-state index is 0.189. The van der Waals surface area contributed by atoms with Crippen LogP contribution in [0.4, 0.5) is 5.69 Å². The summed E-state index contributed by atoms with van der Waals surface area (Å²) in [4.78, 5) is 14.1. The molecule has 2 N–H and O–H groups in total. The van der Waals surface area contributed by atoms with Crippen molar-refractivity contribution in [2.45, 2.75) is 26.8 Å². The van der Waals surface area contributed by atoms with Crippen molar-refractivity contribution in [3.63, 3.8) is 0 Å². The highest BCUT2D eigenvalue weighted by atomic mass is 32.1. The van der Waals surface area contributed by atoms with Gasteiger partial charge in [0, 0.05) is 16.0 Å². The molecule has 2 heterocycles. The van der Waals surface area contributed by atoms with Crippen LogP contribution in [0.2, 0.25) is 0 Å². The summed E-state index contributed by atoms with van der Waals surface area (Å²) in [7, 11) is 0. The molecule has 0 aliphatic carbocycles. The van der Waals surface area contributed by atoms with Gasteiger partial charge in [-0.05, 0) is 25.5 Å². The molecule has 0 spiro atoms. The topological polar surface area (TPSA) is 70.1 Å². The van der Waals surface area contributed by atoms with Gasteiger partial charge in [-0.1, -0.05) is 6.92 Å². The van der Waals surface area contributed by atoms with Crippen molar-refractivity contribution in [2.75, 3.05) is 12.3 Å². The summed E-state index contributed by atoms with van der Waals surface area (Å²) in [5.74, 6) is -0.473. The highest BCUT2D eigenvalue weighted by Crippen LogP contribution is 2.19. The fourth-order valence-electron chi connectivity index (χ4n) is 1.73. The molecule has 0 aromatic carbocycles. The van der Waals surface area contributed by atoms with Crippen LogP contribution in [0.1, 0.15) is 34.1 Å². The molecule has 0 fully saturated rings. The molecule has 5 nitrogen and oxygen atoms in total. The quantitative estimate of drug-likeness (QED) is 0.853. The molecule has 2 aromatic rings. The first-order valence-electron chi connectivity index (χ1n) is 6.21. The molecule has 2 aromatic heterocycles. The van der Waals surface area contributed by atoms with E-state index in [2.05, 4.69) is 24.2 Å². The molecule has 0 amide bonds. The van der Waals surface area contributed by atoms with E-state index in [0.717, 1.165) is 6.42 Å². The van der Waals surface area contributed by atoms with Crippen molar-refractivity contribution in [1.29, 1.82) is 0 Å². The summed E-state index contributed by atoms with van der Waals surface area (Å²) in [6.45, 7) is 4.81. The number of nitrogens with two attached hydrogens (primary N) is 1. The number of rotatable bonds is 5. The fourth-order valence-corrected chi connectivity index (χ4v) is 2.68. The number of aromatic nitrogens is 2. The summed E-state index contributed by atoms with van der Waals surface area (Å²) < 4.78 is 6.58. The Morgan fingerprint density at radius 2 is 2.16 bits per heavy atom. The second-order valence-electron chi connectivity index (χ2n) is 4.07. The third-order valence-electron chi connectivity index (χ3n) is 2.64. The number of hydrogen-bond acceptors (Lipinski definition) is 5. The van der Waals surface area contributed by atoms with Gasteiger partial charge in [-0.15, -0.1) is 11.3 Å². The minimum Gasteiger partial charge on any atom is -0.461 e. The van der Waals surface area contributed by atoms with Crippen LogP contribution in [-0.2, 0) is 17.7 Å². The molecular weight excluding hydrogens is 262 g/mol. The fraction of sp³-hybridized carbons (Fsp3) is 0.385. The van der Waals surface area contributed by atoms with E-state index in [1.165, 1.54) is 9.75 Å². The molecule has 0 saturated heterocycles. The summed E-state index contributed by atoms with van der Waals surface area (Å²) in [5, 5.41) is 4.18. The first-order valence-corrected chi connectivity index (χ1v) is 7.03. The van der Waals surface area contributed by atoms with E-state index in [1.807, 2.05) is 0 Å². The van der Waals surface area contributed by atoms with Crippen molar-refractivity contribution in [3.05, 3.63) is 33.8 Å². The van der Waals surface area contributed by atoms with E-state index in [4.69, 9.17) is 10.5 Å². The molecular formula is C13H17N3O2S. The van der Waals surface area contributed by atoms with Crippen LogP contribution in [0, 0.1) is 0 Å². The largest absolute Gasteiger partial charge is 0.461 e. The molecule has 6 heteroatoms. The van der Waals surface area contributed by atoms with E-state index in [-0.39, 0.29) is 5.69 Å². The van der Waals surface area contributed by atoms with Crippen LogP contribution in [0.3, 0.4) is 0 Å². The zero-order valence-electron chi connectivity index (χ0n) is 11.0. The van der Waals surface area contributed by atoms with Crippen LogP contribution in [-0.4, -0.2) is 22.4 Å². The van der Waals surface area contributed by atoms with Crippen molar-refractivity contribution in [3.8, 4) is 0 Å².